The van der Waals surface area contributed by atoms with E-state index in [0.29, 0.717) is 21.8 Å². The minimum Gasteiger partial charge on any atom is -0.324 e. The van der Waals surface area contributed by atoms with Gasteiger partial charge in [-0.05, 0) is 31.9 Å². The number of rotatable bonds is 5. The van der Waals surface area contributed by atoms with Crippen molar-refractivity contribution in [3.8, 4) is 0 Å². The van der Waals surface area contributed by atoms with E-state index in [0.717, 1.165) is 18.0 Å². The van der Waals surface area contributed by atoms with E-state index in [4.69, 9.17) is 23.2 Å². The van der Waals surface area contributed by atoms with Gasteiger partial charge >= 0.3 is 0 Å². The molecule has 1 heterocycles. The van der Waals surface area contributed by atoms with Crippen LogP contribution in [0.3, 0.4) is 0 Å². The number of amides is 1. The number of thioether (sulfide) groups is 1. The Bertz CT molecular complexity index is 702. The number of halogens is 2. The SMILES string of the molecule is CC(Sc1nncn1C1CC1)C(=O)Nc1cccc(Cl)c1Cl. The van der Waals surface area contributed by atoms with Crippen LogP contribution in [0.5, 0.6) is 0 Å². The van der Waals surface area contributed by atoms with Crippen molar-refractivity contribution in [2.24, 2.45) is 0 Å². The molecule has 3 rings (SSSR count). The van der Waals surface area contributed by atoms with E-state index in [1.807, 2.05) is 11.5 Å². The lowest BCUT2D eigenvalue weighted by Gasteiger charge is -2.13. The Hall–Kier alpha value is -1.24. The maximum absolute atomic E-state index is 12.3. The molecule has 1 unspecified atom stereocenters. The van der Waals surface area contributed by atoms with Crippen LogP contribution < -0.4 is 5.32 Å². The first-order valence-electron chi connectivity index (χ1n) is 6.87. The molecule has 1 fully saturated rings. The third-order valence-corrected chi connectivity index (χ3v) is 5.23. The number of carbonyl (C=O) groups excluding carboxylic acids is 1. The van der Waals surface area contributed by atoms with E-state index in [1.165, 1.54) is 11.8 Å². The number of aromatic nitrogens is 3. The van der Waals surface area contributed by atoms with E-state index in [9.17, 15) is 4.79 Å². The van der Waals surface area contributed by atoms with Crippen LogP contribution in [0.15, 0.2) is 29.7 Å². The Morgan fingerprint density at radius 3 is 2.95 bits per heavy atom. The van der Waals surface area contributed by atoms with Gasteiger partial charge in [-0.1, -0.05) is 41.0 Å². The first kappa shape index (κ1) is 15.6. The van der Waals surface area contributed by atoms with Crippen molar-refractivity contribution in [2.75, 3.05) is 5.32 Å². The molecule has 8 heteroatoms. The molecular weight excluding hydrogens is 343 g/mol. The van der Waals surface area contributed by atoms with Gasteiger partial charge in [-0.2, -0.15) is 0 Å². The van der Waals surface area contributed by atoms with Gasteiger partial charge in [0.25, 0.3) is 0 Å². The fourth-order valence-electron chi connectivity index (χ4n) is 1.97. The van der Waals surface area contributed by atoms with Crippen molar-refractivity contribution in [2.45, 2.75) is 36.2 Å². The minimum absolute atomic E-state index is 0.153. The molecule has 1 aromatic carbocycles. The molecule has 1 aromatic heterocycles. The molecule has 2 aromatic rings. The first-order chi connectivity index (χ1) is 10.6. The average Bonchev–Trinajstić information content (AvgIpc) is 3.24. The predicted octanol–water partition coefficient (Wildman–Crippen LogP) is 4.04. The highest BCUT2D eigenvalue weighted by Crippen LogP contribution is 2.38. The van der Waals surface area contributed by atoms with Crippen molar-refractivity contribution in [1.29, 1.82) is 0 Å². The van der Waals surface area contributed by atoms with Crippen LogP contribution in [0.2, 0.25) is 10.0 Å². The van der Waals surface area contributed by atoms with Gasteiger partial charge < -0.3 is 9.88 Å². The van der Waals surface area contributed by atoms with Gasteiger partial charge in [-0.15, -0.1) is 10.2 Å². The van der Waals surface area contributed by atoms with Crippen LogP contribution >= 0.6 is 35.0 Å². The molecule has 116 valence electrons. The van der Waals surface area contributed by atoms with Gasteiger partial charge in [0.05, 0.1) is 21.0 Å². The van der Waals surface area contributed by atoms with Gasteiger partial charge in [0.15, 0.2) is 5.16 Å². The Morgan fingerprint density at radius 1 is 1.45 bits per heavy atom. The average molecular weight is 357 g/mol. The van der Waals surface area contributed by atoms with Crippen LogP contribution in [0.1, 0.15) is 25.8 Å². The molecule has 1 N–H and O–H groups in total. The fourth-order valence-corrected chi connectivity index (χ4v) is 3.21. The number of anilines is 1. The molecule has 0 radical (unpaired) electrons. The van der Waals surface area contributed by atoms with Crippen LogP contribution in [0.4, 0.5) is 5.69 Å². The first-order valence-corrected chi connectivity index (χ1v) is 8.51. The molecule has 0 spiro atoms. The standard InChI is InChI=1S/C14H14Cl2N4OS/c1-8(22-14-19-17-7-20(14)9-5-6-9)13(21)18-11-4-2-3-10(15)12(11)16/h2-4,7-9H,5-6H2,1H3,(H,18,21). The molecule has 1 saturated carbocycles. The summed E-state index contributed by atoms with van der Waals surface area (Å²) in [6, 6.07) is 5.62. The molecular formula is C14H14Cl2N4OS. The van der Waals surface area contributed by atoms with Crippen molar-refractivity contribution in [3.05, 3.63) is 34.6 Å². The zero-order valence-corrected chi connectivity index (χ0v) is 14.1. The van der Waals surface area contributed by atoms with Gasteiger partial charge in [-0.25, -0.2) is 0 Å². The van der Waals surface area contributed by atoms with Crippen LogP contribution in [-0.4, -0.2) is 25.9 Å². The second-order valence-electron chi connectivity index (χ2n) is 5.10. The van der Waals surface area contributed by atoms with Crippen LogP contribution in [0.25, 0.3) is 0 Å². The van der Waals surface area contributed by atoms with E-state index in [-0.39, 0.29) is 11.2 Å². The topological polar surface area (TPSA) is 59.8 Å². The smallest absolute Gasteiger partial charge is 0.237 e. The maximum Gasteiger partial charge on any atom is 0.237 e. The van der Waals surface area contributed by atoms with Crippen molar-refractivity contribution >= 4 is 46.6 Å². The maximum atomic E-state index is 12.3. The molecule has 22 heavy (non-hydrogen) atoms. The van der Waals surface area contributed by atoms with Gasteiger partial charge in [0.1, 0.15) is 6.33 Å². The molecule has 1 aliphatic rings. The molecule has 1 amide bonds. The highest BCUT2D eigenvalue weighted by molar-refractivity contribution is 8.00. The summed E-state index contributed by atoms with van der Waals surface area (Å²) in [4.78, 5) is 12.3. The number of benzene rings is 1. The van der Waals surface area contributed by atoms with Crippen molar-refractivity contribution in [3.63, 3.8) is 0 Å². The number of hydrogen-bond donors (Lipinski definition) is 1. The highest BCUT2D eigenvalue weighted by atomic mass is 35.5. The number of nitrogens with one attached hydrogen (secondary N) is 1. The lowest BCUT2D eigenvalue weighted by molar-refractivity contribution is -0.115. The summed E-state index contributed by atoms with van der Waals surface area (Å²) in [5.41, 5.74) is 0.510. The highest BCUT2D eigenvalue weighted by Gasteiger charge is 2.28. The number of hydrogen-bond acceptors (Lipinski definition) is 4. The lowest BCUT2D eigenvalue weighted by atomic mass is 10.3. The van der Waals surface area contributed by atoms with E-state index >= 15 is 0 Å². The molecule has 0 saturated heterocycles. The lowest BCUT2D eigenvalue weighted by Crippen LogP contribution is -2.23. The molecule has 5 nitrogen and oxygen atoms in total. The number of carbonyl (C=O) groups is 1. The minimum atomic E-state index is -0.322. The predicted molar refractivity (Wildman–Crippen MR) is 88.7 cm³/mol. The van der Waals surface area contributed by atoms with Crippen LogP contribution in [-0.2, 0) is 4.79 Å². The van der Waals surface area contributed by atoms with Crippen molar-refractivity contribution in [1.82, 2.24) is 14.8 Å². The molecule has 0 aliphatic heterocycles. The number of nitrogens with zero attached hydrogens (tertiary/aromatic N) is 3. The van der Waals surface area contributed by atoms with Gasteiger partial charge in [-0.3, -0.25) is 4.79 Å². The van der Waals surface area contributed by atoms with E-state index < -0.39 is 0 Å². The Morgan fingerprint density at radius 2 is 2.23 bits per heavy atom. The van der Waals surface area contributed by atoms with Crippen LogP contribution in [0, 0.1) is 0 Å². The Labute approximate surface area is 142 Å². The Kier molecular flexibility index (Phi) is 4.61. The second kappa shape index (κ2) is 6.48. The zero-order valence-electron chi connectivity index (χ0n) is 11.8. The van der Waals surface area contributed by atoms with Crippen molar-refractivity contribution < 1.29 is 4.79 Å². The summed E-state index contributed by atoms with van der Waals surface area (Å²) in [5, 5.41) is 12.0. The Balaban J connectivity index is 1.66. The molecule has 0 bridgehead atoms. The quantitative estimate of drug-likeness (QED) is 0.821. The van der Waals surface area contributed by atoms with E-state index in [1.54, 1.807) is 24.5 Å². The fraction of sp³-hybridized carbons (Fsp3) is 0.357. The second-order valence-corrected chi connectivity index (χ2v) is 7.20. The third kappa shape index (κ3) is 3.39. The summed E-state index contributed by atoms with van der Waals surface area (Å²) in [7, 11) is 0. The third-order valence-electron chi connectivity index (χ3n) is 3.34. The molecule has 1 aliphatic carbocycles. The summed E-state index contributed by atoms with van der Waals surface area (Å²) in [6.07, 6.45) is 4.01. The normalized spacial score (nSPS) is 15.6. The zero-order chi connectivity index (χ0) is 15.7. The van der Waals surface area contributed by atoms with Gasteiger partial charge in [0, 0.05) is 6.04 Å². The van der Waals surface area contributed by atoms with E-state index in [2.05, 4.69) is 15.5 Å². The summed E-state index contributed by atoms with van der Waals surface area (Å²) in [5.74, 6) is -0.153. The monoisotopic (exact) mass is 356 g/mol. The summed E-state index contributed by atoms with van der Waals surface area (Å²) >= 11 is 13.4. The largest absolute Gasteiger partial charge is 0.324 e. The molecule has 1 atom stereocenters. The summed E-state index contributed by atoms with van der Waals surface area (Å²) < 4.78 is 2.03. The van der Waals surface area contributed by atoms with Gasteiger partial charge in [0.2, 0.25) is 5.91 Å². The summed E-state index contributed by atoms with van der Waals surface area (Å²) in [6.45, 7) is 1.82.